The van der Waals surface area contributed by atoms with Gasteiger partial charge in [0.05, 0.1) is 6.10 Å². The Balaban J connectivity index is 1.70. The number of ether oxygens (including phenoxy) is 1. The third-order valence-corrected chi connectivity index (χ3v) is 4.95. The molecule has 0 aromatic rings. The molecule has 0 amide bonds. The van der Waals surface area contributed by atoms with Gasteiger partial charge in [-0.15, -0.1) is 0 Å². The highest BCUT2D eigenvalue weighted by Crippen LogP contribution is 2.28. The maximum absolute atomic E-state index is 5.76. The monoisotopic (exact) mass is 267 g/mol. The predicted molar refractivity (Wildman–Crippen MR) is 81.5 cm³/mol. The summed E-state index contributed by atoms with van der Waals surface area (Å²) in [6, 6.07) is 0.734. The number of nitrogens with one attached hydrogen (secondary N) is 1. The molecule has 0 bridgehead atoms. The van der Waals surface area contributed by atoms with E-state index < -0.39 is 0 Å². The first kappa shape index (κ1) is 15.3. The van der Waals surface area contributed by atoms with Gasteiger partial charge in [0.25, 0.3) is 0 Å². The average Bonchev–Trinajstić information content (AvgIpc) is 2.80. The lowest BCUT2D eigenvalue weighted by molar-refractivity contribution is 0.0985. The van der Waals surface area contributed by atoms with Crippen molar-refractivity contribution in [3.63, 3.8) is 0 Å². The van der Waals surface area contributed by atoms with Gasteiger partial charge in [-0.05, 0) is 44.6 Å². The molecule has 19 heavy (non-hydrogen) atoms. The molecule has 0 spiro atoms. The highest BCUT2D eigenvalue weighted by molar-refractivity contribution is 4.76. The summed E-state index contributed by atoms with van der Waals surface area (Å²) in [5.74, 6) is 0.982. The van der Waals surface area contributed by atoms with Crippen molar-refractivity contribution in [2.24, 2.45) is 5.92 Å². The van der Waals surface area contributed by atoms with E-state index in [0.717, 1.165) is 25.1 Å². The summed E-state index contributed by atoms with van der Waals surface area (Å²) in [5, 5.41) is 3.72. The van der Waals surface area contributed by atoms with Crippen molar-refractivity contribution < 1.29 is 4.74 Å². The van der Waals surface area contributed by atoms with Gasteiger partial charge in [-0.3, -0.25) is 0 Å². The van der Waals surface area contributed by atoms with Gasteiger partial charge in [0.15, 0.2) is 0 Å². The standard InChI is InChI=1S/C17H33NO/c1-2-18-16(11-12-17-10-7-13-19-17)14-15-8-5-3-4-6-9-15/h15-18H,2-14H2,1H3. The minimum Gasteiger partial charge on any atom is -0.378 e. The van der Waals surface area contributed by atoms with Crippen LogP contribution in [-0.4, -0.2) is 25.3 Å². The highest BCUT2D eigenvalue weighted by atomic mass is 16.5. The van der Waals surface area contributed by atoms with E-state index in [4.69, 9.17) is 4.74 Å². The van der Waals surface area contributed by atoms with Crippen molar-refractivity contribution in [2.75, 3.05) is 13.2 Å². The lowest BCUT2D eigenvalue weighted by atomic mass is 9.90. The maximum Gasteiger partial charge on any atom is 0.0576 e. The molecule has 1 N–H and O–H groups in total. The zero-order valence-electron chi connectivity index (χ0n) is 12.8. The molecule has 0 aromatic heterocycles. The minimum absolute atomic E-state index is 0.565. The molecule has 1 heterocycles. The Hall–Kier alpha value is -0.0800. The van der Waals surface area contributed by atoms with Crippen LogP contribution < -0.4 is 5.32 Å². The summed E-state index contributed by atoms with van der Waals surface area (Å²) in [6.45, 7) is 4.36. The van der Waals surface area contributed by atoms with Crippen LogP contribution in [0.3, 0.4) is 0 Å². The third-order valence-electron chi connectivity index (χ3n) is 4.95. The molecule has 2 aliphatic rings. The van der Waals surface area contributed by atoms with E-state index in [0.29, 0.717) is 6.10 Å². The van der Waals surface area contributed by atoms with E-state index >= 15 is 0 Å². The summed E-state index contributed by atoms with van der Waals surface area (Å²) < 4.78 is 5.76. The summed E-state index contributed by atoms with van der Waals surface area (Å²) in [4.78, 5) is 0. The second-order valence-electron chi connectivity index (χ2n) is 6.56. The van der Waals surface area contributed by atoms with E-state index in [2.05, 4.69) is 12.2 Å². The largest absolute Gasteiger partial charge is 0.378 e. The Morgan fingerprint density at radius 2 is 1.84 bits per heavy atom. The molecule has 2 unspecified atom stereocenters. The van der Waals surface area contributed by atoms with Crippen LogP contribution in [-0.2, 0) is 4.74 Å². The van der Waals surface area contributed by atoms with Gasteiger partial charge < -0.3 is 10.1 Å². The molecular formula is C17H33NO. The summed E-state index contributed by atoms with van der Waals surface area (Å²) in [7, 11) is 0. The molecule has 1 saturated carbocycles. The Bertz CT molecular complexity index is 217. The van der Waals surface area contributed by atoms with Crippen LogP contribution >= 0.6 is 0 Å². The van der Waals surface area contributed by atoms with Crippen molar-refractivity contribution in [3.8, 4) is 0 Å². The SMILES string of the molecule is CCNC(CCC1CCCO1)CC1CCCCCC1. The van der Waals surface area contributed by atoms with E-state index in [-0.39, 0.29) is 0 Å². The van der Waals surface area contributed by atoms with Crippen LogP contribution in [0.5, 0.6) is 0 Å². The van der Waals surface area contributed by atoms with Gasteiger partial charge in [0, 0.05) is 12.6 Å². The van der Waals surface area contributed by atoms with E-state index in [1.807, 2.05) is 0 Å². The molecule has 1 aliphatic heterocycles. The van der Waals surface area contributed by atoms with Gasteiger partial charge in [0.2, 0.25) is 0 Å². The normalized spacial score (nSPS) is 27.3. The highest BCUT2D eigenvalue weighted by Gasteiger charge is 2.20. The Kier molecular flexibility index (Phi) is 7.23. The van der Waals surface area contributed by atoms with Gasteiger partial charge in [0.1, 0.15) is 0 Å². The maximum atomic E-state index is 5.76. The fourth-order valence-electron chi connectivity index (χ4n) is 3.85. The third kappa shape index (κ3) is 5.83. The van der Waals surface area contributed by atoms with Crippen molar-refractivity contribution >= 4 is 0 Å². The van der Waals surface area contributed by atoms with E-state index in [1.54, 1.807) is 0 Å². The number of hydrogen-bond donors (Lipinski definition) is 1. The molecule has 2 atom stereocenters. The first-order chi connectivity index (χ1) is 9.38. The van der Waals surface area contributed by atoms with Crippen LogP contribution in [0.15, 0.2) is 0 Å². The Labute approximate surface area is 119 Å². The van der Waals surface area contributed by atoms with E-state index in [1.165, 1.54) is 70.6 Å². The average molecular weight is 267 g/mol. The van der Waals surface area contributed by atoms with E-state index in [9.17, 15) is 0 Å². The van der Waals surface area contributed by atoms with Crippen LogP contribution in [0, 0.1) is 5.92 Å². The van der Waals surface area contributed by atoms with Gasteiger partial charge >= 0.3 is 0 Å². The fraction of sp³-hybridized carbons (Fsp3) is 1.00. The molecule has 2 rings (SSSR count). The molecule has 1 aliphatic carbocycles. The van der Waals surface area contributed by atoms with Gasteiger partial charge in [-0.25, -0.2) is 0 Å². The van der Waals surface area contributed by atoms with Crippen molar-refractivity contribution in [1.29, 1.82) is 0 Å². The minimum atomic E-state index is 0.565. The van der Waals surface area contributed by atoms with Gasteiger partial charge in [-0.2, -0.15) is 0 Å². The second kappa shape index (κ2) is 8.97. The summed E-state index contributed by atoms with van der Waals surface area (Å²) in [6.07, 6.45) is 15.9. The summed E-state index contributed by atoms with van der Waals surface area (Å²) in [5.41, 5.74) is 0. The first-order valence-electron chi connectivity index (χ1n) is 8.73. The fourth-order valence-corrected chi connectivity index (χ4v) is 3.85. The van der Waals surface area contributed by atoms with Crippen molar-refractivity contribution in [1.82, 2.24) is 5.32 Å². The van der Waals surface area contributed by atoms with Crippen molar-refractivity contribution in [3.05, 3.63) is 0 Å². The van der Waals surface area contributed by atoms with Crippen molar-refractivity contribution in [2.45, 2.75) is 89.7 Å². The smallest absolute Gasteiger partial charge is 0.0576 e. The molecule has 0 aromatic carbocycles. The Morgan fingerprint density at radius 1 is 1.05 bits per heavy atom. The predicted octanol–water partition coefficient (Wildman–Crippen LogP) is 4.28. The summed E-state index contributed by atoms with van der Waals surface area (Å²) >= 11 is 0. The van der Waals surface area contributed by atoms with Crippen LogP contribution in [0.4, 0.5) is 0 Å². The lowest BCUT2D eigenvalue weighted by Crippen LogP contribution is -2.32. The van der Waals surface area contributed by atoms with Crippen LogP contribution in [0.25, 0.3) is 0 Å². The number of hydrogen-bond acceptors (Lipinski definition) is 2. The lowest BCUT2D eigenvalue weighted by Gasteiger charge is -2.24. The van der Waals surface area contributed by atoms with Crippen LogP contribution in [0.2, 0.25) is 0 Å². The molecule has 2 nitrogen and oxygen atoms in total. The molecular weight excluding hydrogens is 234 g/mol. The topological polar surface area (TPSA) is 21.3 Å². The van der Waals surface area contributed by atoms with Gasteiger partial charge in [-0.1, -0.05) is 45.4 Å². The molecule has 0 radical (unpaired) electrons. The molecule has 112 valence electrons. The Morgan fingerprint density at radius 3 is 2.47 bits per heavy atom. The molecule has 2 fully saturated rings. The number of rotatable bonds is 7. The molecule has 1 saturated heterocycles. The second-order valence-corrected chi connectivity index (χ2v) is 6.56. The zero-order chi connectivity index (χ0) is 13.3. The molecule has 2 heteroatoms. The van der Waals surface area contributed by atoms with Crippen LogP contribution in [0.1, 0.15) is 77.6 Å². The zero-order valence-corrected chi connectivity index (χ0v) is 12.8. The quantitative estimate of drug-likeness (QED) is 0.695. The first-order valence-corrected chi connectivity index (χ1v) is 8.73.